The van der Waals surface area contributed by atoms with Gasteiger partial charge in [0.05, 0.1) is 6.20 Å². The molecule has 2 rings (SSSR count). The molecule has 5 heteroatoms. The first kappa shape index (κ1) is 7.72. The van der Waals surface area contributed by atoms with Crippen molar-refractivity contribution in [3.05, 3.63) is 17.8 Å². The maximum Gasteiger partial charge on any atom is 0.144 e. The zero-order valence-electron chi connectivity index (χ0n) is 7.15. The molecule has 13 heavy (non-hydrogen) atoms. The second kappa shape index (κ2) is 2.29. The summed E-state index contributed by atoms with van der Waals surface area (Å²) >= 11 is 0. The number of hydrogen-bond donors (Lipinski definition) is 3. The van der Waals surface area contributed by atoms with Crippen LogP contribution in [0.15, 0.2) is 12.3 Å². The molecule has 0 spiro atoms. The molecule has 2 aromatic rings. The van der Waals surface area contributed by atoms with Crippen LogP contribution in [0.3, 0.4) is 0 Å². The van der Waals surface area contributed by atoms with Gasteiger partial charge in [0.2, 0.25) is 0 Å². The van der Waals surface area contributed by atoms with Gasteiger partial charge < -0.3 is 16.7 Å². The fourth-order valence-electron chi connectivity index (χ4n) is 1.38. The Morgan fingerprint density at radius 3 is 2.92 bits per heavy atom. The Balaban J connectivity index is 2.99. The number of benzene rings is 1. The Labute approximate surface area is 74.5 Å². The minimum atomic E-state index is 0.0988. The van der Waals surface area contributed by atoms with E-state index in [1.807, 2.05) is 6.92 Å². The van der Waals surface area contributed by atoms with Crippen molar-refractivity contribution in [3.63, 3.8) is 0 Å². The van der Waals surface area contributed by atoms with Gasteiger partial charge in [-0.1, -0.05) is 0 Å². The predicted octanol–water partition coefficient (Wildman–Crippen LogP) is 0.346. The van der Waals surface area contributed by atoms with E-state index in [0.717, 1.165) is 10.4 Å². The van der Waals surface area contributed by atoms with Crippen LogP contribution in [0.25, 0.3) is 10.9 Å². The van der Waals surface area contributed by atoms with Gasteiger partial charge in [0, 0.05) is 11.1 Å². The standard InChI is InChI=1S/C8H10N4O/c1-4-2-6(13)8-5(7(4)9)3-11-12(8)10/h2-3,13H,9-10H2,1H3. The van der Waals surface area contributed by atoms with Gasteiger partial charge in [-0.3, -0.25) is 0 Å². The van der Waals surface area contributed by atoms with Gasteiger partial charge in [-0.2, -0.15) is 9.89 Å². The van der Waals surface area contributed by atoms with Crippen molar-refractivity contribution in [2.45, 2.75) is 6.92 Å². The third kappa shape index (κ3) is 0.900. The highest BCUT2D eigenvalue weighted by atomic mass is 16.3. The maximum absolute atomic E-state index is 9.55. The quantitative estimate of drug-likeness (QED) is 0.308. The summed E-state index contributed by atoms with van der Waals surface area (Å²) in [6, 6.07) is 1.57. The molecule has 0 aliphatic rings. The first-order valence-electron chi connectivity index (χ1n) is 3.82. The lowest BCUT2D eigenvalue weighted by molar-refractivity contribution is 0.478. The Morgan fingerprint density at radius 2 is 2.23 bits per heavy atom. The Bertz CT molecular complexity index is 474. The van der Waals surface area contributed by atoms with E-state index in [2.05, 4.69) is 5.10 Å². The van der Waals surface area contributed by atoms with E-state index in [-0.39, 0.29) is 5.75 Å². The Hall–Kier alpha value is -1.91. The molecule has 1 aromatic heterocycles. The highest BCUT2D eigenvalue weighted by molar-refractivity contribution is 5.95. The second-order valence-electron chi connectivity index (χ2n) is 2.98. The van der Waals surface area contributed by atoms with Crippen LogP contribution in [0.1, 0.15) is 5.56 Å². The van der Waals surface area contributed by atoms with E-state index in [9.17, 15) is 5.11 Å². The number of aromatic hydroxyl groups is 1. The number of anilines is 1. The molecule has 5 nitrogen and oxygen atoms in total. The average Bonchev–Trinajstić information content (AvgIpc) is 2.44. The predicted molar refractivity (Wildman–Crippen MR) is 50.7 cm³/mol. The van der Waals surface area contributed by atoms with Crippen LogP contribution in [-0.2, 0) is 0 Å². The molecule has 0 saturated heterocycles. The molecule has 0 bridgehead atoms. The van der Waals surface area contributed by atoms with Gasteiger partial charge in [0.1, 0.15) is 11.3 Å². The van der Waals surface area contributed by atoms with Gasteiger partial charge >= 0.3 is 0 Å². The average molecular weight is 178 g/mol. The molecule has 0 radical (unpaired) electrons. The van der Waals surface area contributed by atoms with Gasteiger partial charge in [-0.15, -0.1) is 0 Å². The zero-order chi connectivity index (χ0) is 9.59. The topological polar surface area (TPSA) is 90.1 Å². The fraction of sp³-hybridized carbons (Fsp3) is 0.125. The van der Waals surface area contributed by atoms with Gasteiger partial charge in [-0.05, 0) is 18.6 Å². The highest BCUT2D eigenvalue weighted by Gasteiger charge is 2.10. The summed E-state index contributed by atoms with van der Waals surface area (Å²) in [5, 5.41) is 14.0. The lowest BCUT2D eigenvalue weighted by Crippen LogP contribution is -2.09. The number of rotatable bonds is 0. The second-order valence-corrected chi connectivity index (χ2v) is 2.98. The number of phenolic OH excluding ortho intramolecular Hbond substituents is 1. The van der Waals surface area contributed by atoms with Crippen molar-refractivity contribution in [3.8, 4) is 5.75 Å². The molecule has 0 aliphatic heterocycles. The van der Waals surface area contributed by atoms with Crippen molar-refractivity contribution in [2.75, 3.05) is 11.6 Å². The lowest BCUT2D eigenvalue weighted by atomic mass is 10.1. The Kier molecular flexibility index (Phi) is 1.36. The molecule has 0 fully saturated rings. The molecule has 1 heterocycles. The molecule has 0 saturated carbocycles. The summed E-state index contributed by atoms with van der Waals surface area (Å²) in [6.07, 6.45) is 1.54. The van der Waals surface area contributed by atoms with E-state index >= 15 is 0 Å². The SMILES string of the molecule is Cc1cc(O)c2c(cnn2N)c1N. The molecule has 68 valence electrons. The van der Waals surface area contributed by atoms with E-state index in [0.29, 0.717) is 16.6 Å². The van der Waals surface area contributed by atoms with Gasteiger partial charge in [0.15, 0.2) is 0 Å². The molecule has 0 atom stereocenters. The number of nitrogen functional groups attached to an aromatic ring is 2. The number of nitrogens with zero attached hydrogens (tertiary/aromatic N) is 2. The number of phenols is 1. The summed E-state index contributed by atoms with van der Waals surface area (Å²) in [7, 11) is 0. The van der Waals surface area contributed by atoms with Gasteiger partial charge in [0.25, 0.3) is 0 Å². The lowest BCUT2D eigenvalue weighted by Gasteiger charge is -2.03. The molecule has 5 N–H and O–H groups in total. The summed E-state index contributed by atoms with van der Waals surface area (Å²) < 4.78 is 0. The molecular formula is C8H10N4O. The van der Waals surface area contributed by atoms with E-state index in [1.165, 1.54) is 6.20 Å². The van der Waals surface area contributed by atoms with Crippen molar-refractivity contribution in [1.29, 1.82) is 0 Å². The smallest absolute Gasteiger partial charge is 0.144 e. The normalized spacial score (nSPS) is 10.8. The first-order chi connectivity index (χ1) is 6.11. The fourth-order valence-corrected chi connectivity index (χ4v) is 1.38. The van der Waals surface area contributed by atoms with Crippen LogP contribution in [0.2, 0.25) is 0 Å². The van der Waals surface area contributed by atoms with Crippen LogP contribution >= 0.6 is 0 Å². The van der Waals surface area contributed by atoms with Crippen LogP contribution in [0.4, 0.5) is 5.69 Å². The molecular weight excluding hydrogens is 168 g/mol. The summed E-state index contributed by atoms with van der Waals surface area (Å²) in [6.45, 7) is 1.82. The van der Waals surface area contributed by atoms with E-state index in [4.69, 9.17) is 11.6 Å². The summed E-state index contributed by atoms with van der Waals surface area (Å²) in [5.74, 6) is 5.58. The van der Waals surface area contributed by atoms with Crippen LogP contribution in [-0.4, -0.2) is 15.0 Å². The van der Waals surface area contributed by atoms with Crippen LogP contribution in [0, 0.1) is 6.92 Å². The highest BCUT2D eigenvalue weighted by Crippen LogP contribution is 2.30. The van der Waals surface area contributed by atoms with Crippen molar-refractivity contribution in [1.82, 2.24) is 9.89 Å². The molecule has 0 amide bonds. The first-order valence-corrected chi connectivity index (χ1v) is 3.82. The van der Waals surface area contributed by atoms with Crippen molar-refractivity contribution in [2.24, 2.45) is 0 Å². The van der Waals surface area contributed by atoms with Crippen LogP contribution < -0.4 is 11.6 Å². The van der Waals surface area contributed by atoms with Crippen LogP contribution in [0.5, 0.6) is 5.75 Å². The molecule has 0 unspecified atom stereocenters. The third-order valence-electron chi connectivity index (χ3n) is 2.11. The largest absolute Gasteiger partial charge is 0.506 e. The van der Waals surface area contributed by atoms with E-state index in [1.54, 1.807) is 6.07 Å². The van der Waals surface area contributed by atoms with E-state index < -0.39 is 0 Å². The maximum atomic E-state index is 9.55. The Morgan fingerprint density at radius 1 is 1.54 bits per heavy atom. The number of fused-ring (bicyclic) bond motifs is 1. The molecule has 1 aromatic carbocycles. The number of nitrogens with two attached hydrogens (primary N) is 2. The van der Waals surface area contributed by atoms with Crippen molar-refractivity contribution < 1.29 is 5.11 Å². The third-order valence-corrected chi connectivity index (χ3v) is 2.11. The van der Waals surface area contributed by atoms with Crippen molar-refractivity contribution >= 4 is 16.6 Å². The number of hydrogen-bond acceptors (Lipinski definition) is 4. The van der Waals surface area contributed by atoms with Gasteiger partial charge in [-0.25, -0.2) is 0 Å². The summed E-state index contributed by atoms with van der Waals surface area (Å²) in [5.41, 5.74) is 7.66. The zero-order valence-corrected chi connectivity index (χ0v) is 7.15. The summed E-state index contributed by atoms with van der Waals surface area (Å²) in [4.78, 5) is 1.11. The minimum absolute atomic E-state index is 0.0988. The minimum Gasteiger partial charge on any atom is -0.506 e. The monoisotopic (exact) mass is 178 g/mol. The number of aromatic nitrogens is 2. The number of aryl methyl sites for hydroxylation is 1. The molecule has 0 aliphatic carbocycles.